The van der Waals surface area contributed by atoms with Crippen LogP contribution in [0.2, 0.25) is 0 Å². The molecule has 1 N–H and O–H groups in total. The van der Waals surface area contributed by atoms with Gasteiger partial charge < -0.3 is 14.8 Å². The number of sulfonamides is 1. The minimum atomic E-state index is -3.32. The van der Waals surface area contributed by atoms with Crippen LogP contribution >= 0.6 is 0 Å². The number of hydrogen-bond acceptors (Lipinski definition) is 5. The maximum absolute atomic E-state index is 12.0. The summed E-state index contributed by atoms with van der Waals surface area (Å²) in [5.41, 5.74) is 1.13. The highest BCUT2D eigenvalue weighted by Gasteiger charge is 2.12. The number of benzene rings is 2. The standard InChI is InChI=1S/C19H22N2O5S/c1-4-13-25-17-9-5-15(6-10-17)20-19(22)14-26-18-11-7-16(8-12-18)21(2)27(3,23)24/h4-12H,1,13-14H2,2-3H3,(H,20,22). The first-order chi connectivity index (χ1) is 12.8. The Labute approximate surface area is 159 Å². The molecule has 0 atom stereocenters. The van der Waals surface area contributed by atoms with Gasteiger partial charge in [0.05, 0.1) is 11.9 Å². The third kappa shape index (κ3) is 6.34. The van der Waals surface area contributed by atoms with E-state index in [1.54, 1.807) is 54.6 Å². The quantitative estimate of drug-likeness (QED) is 0.666. The molecular weight excluding hydrogens is 368 g/mol. The van der Waals surface area contributed by atoms with Crippen molar-refractivity contribution in [3.8, 4) is 11.5 Å². The fourth-order valence-electron chi connectivity index (χ4n) is 2.08. The molecule has 2 aromatic carbocycles. The molecule has 1 amide bonds. The fraction of sp³-hybridized carbons (Fsp3) is 0.211. The van der Waals surface area contributed by atoms with Gasteiger partial charge in [-0.25, -0.2) is 8.42 Å². The Morgan fingerprint density at radius 2 is 1.63 bits per heavy atom. The molecule has 0 aliphatic carbocycles. The molecule has 144 valence electrons. The van der Waals surface area contributed by atoms with Crippen LogP contribution in [-0.2, 0) is 14.8 Å². The van der Waals surface area contributed by atoms with E-state index < -0.39 is 10.0 Å². The van der Waals surface area contributed by atoms with Crippen LogP contribution in [0.5, 0.6) is 11.5 Å². The maximum atomic E-state index is 12.0. The van der Waals surface area contributed by atoms with E-state index in [1.165, 1.54) is 7.05 Å². The van der Waals surface area contributed by atoms with Crippen LogP contribution in [0.3, 0.4) is 0 Å². The topological polar surface area (TPSA) is 84.9 Å². The van der Waals surface area contributed by atoms with Gasteiger partial charge in [-0.15, -0.1) is 0 Å². The van der Waals surface area contributed by atoms with Gasteiger partial charge in [0.2, 0.25) is 10.0 Å². The number of nitrogens with one attached hydrogen (secondary N) is 1. The van der Waals surface area contributed by atoms with E-state index in [2.05, 4.69) is 11.9 Å². The predicted octanol–water partition coefficient (Wildman–Crippen LogP) is 2.66. The van der Waals surface area contributed by atoms with Crippen molar-refractivity contribution < 1.29 is 22.7 Å². The lowest BCUT2D eigenvalue weighted by molar-refractivity contribution is -0.118. The van der Waals surface area contributed by atoms with Gasteiger partial charge >= 0.3 is 0 Å². The molecule has 0 aromatic heterocycles. The largest absolute Gasteiger partial charge is 0.490 e. The van der Waals surface area contributed by atoms with Gasteiger partial charge in [0, 0.05) is 12.7 Å². The highest BCUT2D eigenvalue weighted by molar-refractivity contribution is 7.92. The predicted molar refractivity (Wildman–Crippen MR) is 106 cm³/mol. The number of carbonyl (C=O) groups is 1. The Morgan fingerprint density at radius 1 is 1.07 bits per heavy atom. The smallest absolute Gasteiger partial charge is 0.262 e. The van der Waals surface area contributed by atoms with Crippen molar-refractivity contribution in [2.75, 3.05) is 36.1 Å². The zero-order valence-corrected chi connectivity index (χ0v) is 16.0. The Kier molecular flexibility index (Phi) is 6.84. The first-order valence-electron chi connectivity index (χ1n) is 8.10. The molecule has 0 heterocycles. The normalized spacial score (nSPS) is 10.7. The molecule has 27 heavy (non-hydrogen) atoms. The molecular formula is C19H22N2O5S. The second kappa shape index (κ2) is 9.09. The van der Waals surface area contributed by atoms with Gasteiger partial charge in [-0.1, -0.05) is 12.7 Å². The van der Waals surface area contributed by atoms with Crippen LogP contribution in [0.15, 0.2) is 61.2 Å². The summed E-state index contributed by atoms with van der Waals surface area (Å²) in [6, 6.07) is 13.4. The minimum absolute atomic E-state index is 0.171. The minimum Gasteiger partial charge on any atom is -0.490 e. The summed E-state index contributed by atoms with van der Waals surface area (Å²) in [6.07, 6.45) is 2.78. The Hall–Kier alpha value is -3.00. The van der Waals surface area contributed by atoms with E-state index in [1.807, 2.05) is 0 Å². The number of anilines is 2. The molecule has 0 aliphatic rings. The molecule has 7 nitrogen and oxygen atoms in total. The number of carbonyl (C=O) groups excluding carboxylic acids is 1. The van der Waals surface area contributed by atoms with Gasteiger partial charge in [-0.2, -0.15) is 0 Å². The number of ether oxygens (including phenoxy) is 2. The molecule has 0 spiro atoms. The van der Waals surface area contributed by atoms with Gasteiger partial charge in [-0.05, 0) is 48.5 Å². The van der Waals surface area contributed by atoms with E-state index in [-0.39, 0.29) is 12.5 Å². The highest BCUT2D eigenvalue weighted by atomic mass is 32.2. The summed E-state index contributed by atoms with van der Waals surface area (Å²) >= 11 is 0. The van der Waals surface area contributed by atoms with E-state index in [9.17, 15) is 13.2 Å². The summed E-state index contributed by atoms with van der Waals surface area (Å²) in [5, 5.41) is 2.72. The summed E-state index contributed by atoms with van der Waals surface area (Å²) in [6.45, 7) is 3.82. The first kappa shape index (κ1) is 20.3. The molecule has 0 saturated heterocycles. The number of amides is 1. The van der Waals surface area contributed by atoms with Crippen LogP contribution in [0.25, 0.3) is 0 Å². The number of hydrogen-bond donors (Lipinski definition) is 1. The molecule has 0 fully saturated rings. The molecule has 0 unspecified atom stereocenters. The van der Waals surface area contributed by atoms with E-state index in [4.69, 9.17) is 9.47 Å². The second-order valence-corrected chi connectivity index (χ2v) is 7.70. The zero-order chi connectivity index (χ0) is 19.9. The summed E-state index contributed by atoms with van der Waals surface area (Å²) in [4.78, 5) is 12.0. The van der Waals surface area contributed by atoms with Gasteiger partial charge in [-0.3, -0.25) is 9.10 Å². The second-order valence-electron chi connectivity index (χ2n) is 5.69. The Bertz CT molecular complexity index is 877. The zero-order valence-electron chi connectivity index (χ0n) is 15.2. The van der Waals surface area contributed by atoms with Gasteiger partial charge in [0.25, 0.3) is 5.91 Å². The number of nitrogens with zero attached hydrogens (tertiary/aromatic N) is 1. The molecule has 2 rings (SSSR count). The lowest BCUT2D eigenvalue weighted by atomic mass is 10.3. The van der Waals surface area contributed by atoms with E-state index in [0.29, 0.717) is 29.5 Å². The monoisotopic (exact) mass is 390 g/mol. The lowest BCUT2D eigenvalue weighted by Gasteiger charge is -2.16. The highest BCUT2D eigenvalue weighted by Crippen LogP contribution is 2.20. The summed E-state index contributed by atoms with van der Waals surface area (Å²) < 4.78 is 35.0. The molecule has 8 heteroatoms. The van der Waals surface area contributed by atoms with Crippen molar-refractivity contribution in [2.24, 2.45) is 0 Å². The molecule has 0 bridgehead atoms. The molecule has 2 aromatic rings. The number of rotatable bonds is 9. The molecule has 0 saturated carbocycles. The van der Waals surface area contributed by atoms with Crippen LogP contribution in [0, 0.1) is 0 Å². The van der Waals surface area contributed by atoms with Crippen LogP contribution in [-0.4, -0.2) is 40.8 Å². The van der Waals surface area contributed by atoms with Crippen molar-refractivity contribution in [1.82, 2.24) is 0 Å². The van der Waals surface area contributed by atoms with Crippen molar-refractivity contribution >= 4 is 27.3 Å². The lowest BCUT2D eigenvalue weighted by Crippen LogP contribution is -2.24. The Morgan fingerprint density at radius 3 is 2.19 bits per heavy atom. The van der Waals surface area contributed by atoms with Crippen LogP contribution in [0.1, 0.15) is 0 Å². The SMILES string of the molecule is C=CCOc1ccc(NC(=O)COc2ccc(N(C)S(C)(=O)=O)cc2)cc1. The van der Waals surface area contributed by atoms with Crippen molar-refractivity contribution in [3.05, 3.63) is 61.2 Å². The van der Waals surface area contributed by atoms with Crippen molar-refractivity contribution in [3.63, 3.8) is 0 Å². The van der Waals surface area contributed by atoms with Crippen molar-refractivity contribution in [1.29, 1.82) is 0 Å². The third-order valence-electron chi connectivity index (χ3n) is 3.57. The van der Waals surface area contributed by atoms with Crippen molar-refractivity contribution in [2.45, 2.75) is 0 Å². The average Bonchev–Trinajstić information content (AvgIpc) is 2.65. The van der Waals surface area contributed by atoms with E-state index in [0.717, 1.165) is 10.6 Å². The molecule has 0 aliphatic heterocycles. The van der Waals surface area contributed by atoms with Crippen LogP contribution < -0.4 is 19.1 Å². The van der Waals surface area contributed by atoms with Gasteiger partial charge in [0.15, 0.2) is 6.61 Å². The van der Waals surface area contributed by atoms with Crippen LogP contribution in [0.4, 0.5) is 11.4 Å². The maximum Gasteiger partial charge on any atom is 0.262 e. The van der Waals surface area contributed by atoms with Gasteiger partial charge in [0.1, 0.15) is 18.1 Å². The summed E-state index contributed by atoms with van der Waals surface area (Å²) in [7, 11) is -1.86. The average molecular weight is 390 g/mol. The molecule has 0 radical (unpaired) electrons. The Balaban J connectivity index is 1.85. The van der Waals surface area contributed by atoms with E-state index >= 15 is 0 Å². The first-order valence-corrected chi connectivity index (χ1v) is 9.95. The third-order valence-corrected chi connectivity index (χ3v) is 4.78. The fourth-order valence-corrected chi connectivity index (χ4v) is 2.58. The summed E-state index contributed by atoms with van der Waals surface area (Å²) in [5.74, 6) is 0.833.